The van der Waals surface area contributed by atoms with Crippen LogP contribution in [0.4, 0.5) is 0 Å². The average molecular weight is 244 g/mol. The lowest BCUT2D eigenvalue weighted by Crippen LogP contribution is -2.43. The van der Waals surface area contributed by atoms with Crippen LogP contribution in [0, 0.1) is 0 Å². The van der Waals surface area contributed by atoms with Crippen molar-refractivity contribution in [1.29, 1.82) is 0 Å². The van der Waals surface area contributed by atoms with Gasteiger partial charge in [0.15, 0.2) is 0 Å². The van der Waals surface area contributed by atoms with E-state index in [0.29, 0.717) is 0 Å². The Morgan fingerprint density at radius 3 is 2.69 bits per heavy atom. The van der Waals surface area contributed by atoms with Gasteiger partial charge in [-0.25, -0.2) is 0 Å². The van der Waals surface area contributed by atoms with Crippen LogP contribution in [0.25, 0.3) is 0 Å². The molecule has 3 N–H and O–H groups in total. The van der Waals surface area contributed by atoms with Crippen LogP contribution in [0.15, 0.2) is 0 Å². The maximum absolute atomic E-state index is 11.2. The average Bonchev–Trinajstić information content (AvgIpc) is 2.30. The highest BCUT2D eigenvalue weighted by Crippen LogP contribution is 2.28. The highest BCUT2D eigenvalue weighted by molar-refractivity contribution is 7.99. The summed E-state index contributed by atoms with van der Waals surface area (Å²) in [5, 5.41) is 3.96. The molecule has 0 heterocycles. The monoisotopic (exact) mass is 244 g/mol. The Morgan fingerprint density at radius 2 is 2.12 bits per heavy atom. The van der Waals surface area contributed by atoms with Crippen LogP contribution in [0.3, 0.4) is 0 Å². The maximum Gasteiger partial charge on any atom is 0.235 e. The first kappa shape index (κ1) is 13.8. The van der Waals surface area contributed by atoms with Crippen LogP contribution in [0.5, 0.6) is 0 Å². The lowest BCUT2D eigenvalue weighted by atomic mass is 10.0. The fraction of sp³-hybridized carbons (Fsp3) is 0.917. The number of amides is 1. The molecule has 0 spiro atoms. The van der Waals surface area contributed by atoms with E-state index >= 15 is 0 Å². The molecule has 16 heavy (non-hydrogen) atoms. The molecule has 0 aliphatic heterocycles. The Labute approximate surface area is 103 Å². The van der Waals surface area contributed by atoms with Gasteiger partial charge < -0.3 is 11.1 Å². The minimum atomic E-state index is -0.211. The number of carbonyl (C=O) groups excluding carboxylic acids is 1. The van der Waals surface area contributed by atoms with Crippen molar-refractivity contribution in [3.05, 3.63) is 0 Å². The molecule has 1 aliphatic rings. The van der Waals surface area contributed by atoms with Crippen LogP contribution < -0.4 is 11.1 Å². The summed E-state index contributed by atoms with van der Waals surface area (Å²) >= 11 is 1.92. The van der Waals surface area contributed by atoms with Crippen molar-refractivity contribution in [2.24, 2.45) is 5.73 Å². The van der Waals surface area contributed by atoms with Crippen LogP contribution in [0.2, 0.25) is 0 Å². The van der Waals surface area contributed by atoms with Crippen LogP contribution >= 0.6 is 11.8 Å². The predicted molar refractivity (Wildman–Crippen MR) is 70.6 cm³/mol. The van der Waals surface area contributed by atoms with E-state index in [0.717, 1.165) is 24.0 Å². The smallest absolute Gasteiger partial charge is 0.235 e. The first-order valence-corrected chi connectivity index (χ1v) is 7.43. The highest BCUT2D eigenvalue weighted by atomic mass is 32.2. The summed E-state index contributed by atoms with van der Waals surface area (Å²) in [5.74, 6) is 0.622. The third-order valence-corrected chi connectivity index (χ3v) is 4.50. The number of nitrogens with one attached hydrogen (secondary N) is 1. The molecule has 1 aliphatic carbocycles. The fourth-order valence-corrected chi connectivity index (χ4v) is 3.44. The second-order valence-corrected chi connectivity index (χ2v) is 5.84. The summed E-state index contributed by atoms with van der Waals surface area (Å²) in [7, 11) is 0. The van der Waals surface area contributed by atoms with Crippen molar-refractivity contribution in [1.82, 2.24) is 5.32 Å². The zero-order valence-electron chi connectivity index (χ0n) is 10.2. The van der Waals surface area contributed by atoms with E-state index in [-0.39, 0.29) is 11.9 Å². The summed E-state index contributed by atoms with van der Waals surface area (Å²) in [4.78, 5) is 11.2. The van der Waals surface area contributed by atoms with E-state index in [2.05, 4.69) is 12.2 Å². The SMILES string of the molecule is CCCNC(CSC1CCCCC1)C(N)=O. The molecule has 1 fully saturated rings. The van der Waals surface area contributed by atoms with Gasteiger partial charge in [-0.1, -0.05) is 26.2 Å². The van der Waals surface area contributed by atoms with E-state index in [1.807, 2.05) is 11.8 Å². The van der Waals surface area contributed by atoms with Crippen LogP contribution in [0.1, 0.15) is 45.4 Å². The van der Waals surface area contributed by atoms with Crippen molar-refractivity contribution in [2.75, 3.05) is 12.3 Å². The van der Waals surface area contributed by atoms with Crippen molar-refractivity contribution in [3.8, 4) is 0 Å². The molecule has 1 rings (SSSR count). The molecule has 1 atom stereocenters. The molecular formula is C12H24N2OS. The molecule has 3 nitrogen and oxygen atoms in total. The number of carbonyl (C=O) groups is 1. The topological polar surface area (TPSA) is 55.1 Å². The van der Waals surface area contributed by atoms with Crippen molar-refractivity contribution >= 4 is 17.7 Å². The first-order chi connectivity index (χ1) is 7.74. The first-order valence-electron chi connectivity index (χ1n) is 6.38. The number of nitrogens with two attached hydrogens (primary N) is 1. The van der Waals surface area contributed by atoms with E-state index in [9.17, 15) is 4.79 Å². The van der Waals surface area contributed by atoms with E-state index < -0.39 is 0 Å². The second-order valence-electron chi connectivity index (χ2n) is 4.50. The normalized spacial score (nSPS) is 19.6. The van der Waals surface area contributed by atoms with Gasteiger partial charge in [0.25, 0.3) is 0 Å². The zero-order valence-corrected chi connectivity index (χ0v) is 11.0. The second kappa shape index (κ2) is 7.96. The minimum absolute atomic E-state index is 0.146. The summed E-state index contributed by atoms with van der Waals surface area (Å²) < 4.78 is 0. The zero-order chi connectivity index (χ0) is 11.8. The molecule has 4 heteroatoms. The van der Waals surface area contributed by atoms with Gasteiger partial charge in [0.2, 0.25) is 5.91 Å². The molecule has 0 radical (unpaired) electrons. The number of hydrogen-bond acceptors (Lipinski definition) is 3. The number of hydrogen-bond donors (Lipinski definition) is 2. The minimum Gasteiger partial charge on any atom is -0.368 e. The third kappa shape index (κ3) is 5.21. The molecule has 0 aromatic carbocycles. The Hall–Kier alpha value is -0.220. The standard InChI is InChI=1S/C12H24N2OS/c1-2-8-14-11(12(13)15)9-16-10-6-4-3-5-7-10/h10-11,14H,2-9H2,1H3,(H2,13,15). The fourth-order valence-electron chi connectivity index (χ4n) is 2.02. The van der Waals surface area contributed by atoms with E-state index in [1.165, 1.54) is 32.1 Å². The van der Waals surface area contributed by atoms with Gasteiger partial charge >= 0.3 is 0 Å². The lowest BCUT2D eigenvalue weighted by Gasteiger charge is -2.23. The van der Waals surface area contributed by atoms with E-state index in [4.69, 9.17) is 5.73 Å². The van der Waals surface area contributed by atoms with Gasteiger partial charge in [0.05, 0.1) is 6.04 Å². The van der Waals surface area contributed by atoms with Crippen molar-refractivity contribution in [2.45, 2.75) is 56.7 Å². The van der Waals surface area contributed by atoms with Crippen LogP contribution in [-0.2, 0) is 4.79 Å². The quantitative estimate of drug-likeness (QED) is 0.719. The molecular weight excluding hydrogens is 220 g/mol. The van der Waals surface area contributed by atoms with Gasteiger partial charge in [-0.05, 0) is 25.8 Å². The largest absolute Gasteiger partial charge is 0.368 e. The molecule has 94 valence electrons. The lowest BCUT2D eigenvalue weighted by molar-refractivity contribution is -0.119. The van der Waals surface area contributed by atoms with Gasteiger partial charge in [-0.3, -0.25) is 4.79 Å². The molecule has 0 aromatic heterocycles. The molecule has 0 aromatic rings. The molecule has 0 bridgehead atoms. The molecule has 1 saturated carbocycles. The Balaban J connectivity index is 2.22. The Kier molecular flexibility index (Phi) is 6.88. The third-order valence-electron chi connectivity index (χ3n) is 3.03. The van der Waals surface area contributed by atoms with Gasteiger partial charge in [0.1, 0.15) is 0 Å². The van der Waals surface area contributed by atoms with Gasteiger partial charge in [-0.15, -0.1) is 0 Å². The Bertz CT molecular complexity index is 205. The maximum atomic E-state index is 11.2. The summed E-state index contributed by atoms with van der Waals surface area (Å²) in [5.41, 5.74) is 5.38. The summed E-state index contributed by atoms with van der Waals surface area (Å²) in [6.45, 7) is 2.97. The van der Waals surface area contributed by atoms with Crippen molar-refractivity contribution < 1.29 is 4.79 Å². The number of primary amides is 1. The summed E-state index contributed by atoms with van der Waals surface area (Å²) in [6.07, 6.45) is 7.73. The molecule has 1 amide bonds. The van der Waals surface area contributed by atoms with Gasteiger partial charge in [-0.2, -0.15) is 11.8 Å². The van der Waals surface area contributed by atoms with E-state index in [1.54, 1.807) is 0 Å². The Morgan fingerprint density at radius 1 is 1.44 bits per heavy atom. The molecule has 0 saturated heterocycles. The predicted octanol–water partition coefficient (Wildman–Crippen LogP) is 1.91. The van der Waals surface area contributed by atoms with Gasteiger partial charge in [0, 0.05) is 11.0 Å². The van der Waals surface area contributed by atoms with Crippen LogP contribution in [-0.4, -0.2) is 29.5 Å². The van der Waals surface area contributed by atoms with Crippen molar-refractivity contribution in [3.63, 3.8) is 0 Å². The highest BCUT2D eigenvalue weighted by Gasteiger charge is 2.19. The molecule has 1 unspecified atom stereocenters. The number of thioether (sulfide) groups is 1. The summed E-state index contributed by atoms with van der Waals surface area (Å²) in [6, 6.07) is -0.146. The number of rotatable bonds is 7.